The van der Waals surface area contributed by atoms with Crippen LogP contribution in [0.5, 0.6) is 0 Å². The third-order valence-corrected chi connectivity index (χ3v) is 4.99. The number of hydrogen-bond donors (Lipinski definition) is 2. The highest BCUT2D eigenvalue weighted by Crippen LogP contribution is 2.17. The molecule has 3 nitrogen and oxygen atoms in total. The molecular formula is C16H26N2OS. The van der Waals surface area contributed by atoms with E-state index in [1.165, 1.54) is 49.9 Å². The lowest BCUT2D eigenvalue weighted by atomic mass is 10.1. The molecule has 0 aromatic carbocycles. The van der Waals surface area contributed by atoms with Crippen molar-refractivity contribution in [1.82, 2.24) is 10.6 Å². The van der Waals surface area contributed by atoms with E-state index in [2.05, 4.69) is 17.6 Å². The number of hydrogen-bond acceptors (Lipinski definition) is 3. The van der Waals surface area contributed by atoms with Crippen molar-refractivity contribution in [2.24, 2.45) is 0 Å². The second-order valence-corrected chi connectivity index (χ2v) is 6.44. The van der Waals surface area contributed by atoms with Crippen molar-refractivity contribution in [2.45, 2.75) is 57.9 Å². The van der Waals surface area contributed by atoms with Crippen molar-refractivity contribution in [2.75, 3.05) is 13.1 Å². The molecule has 0 bridgehead atoms. The molecule has 4 heteroatoms. The van der Waals surface area contributed by atoms with E-state index >= 15 is 0 Å². The van der Waals surface area contributed by atoms with Crippen molar-refractivity contribution in [3.63, 3.8) is 0 Å². The van der Waals surface area contributed by atoms with Gasteiger partial charge in [-0.2, -0.15) is 0 Å². The second kappa shape index (κ2) is 8.42. The minimum atomic E-state index is 0.0829. The molecule has 20 heavy (non-hydrogen) atoms. The number of amides is 1. The monoisotopic (exact) mass is 294 g/mol. The van der Waals surface area contributed by atoms with Crippen molar-refractivity contribution in [1.29, 1.82) is 0 Å². The Morgan fingerprint density at radius 2 is 2.00 bits per heavy atom. The van der Waals surface area contributed by atoms with Gasteiger partial charge >= 0.3 is 0 Å². The number of carbonyl (C=O) groups is 1. The maximum atomic E-state index is 12.1. The molecule has 1 saturated carbocycles. The fourth-order valence-corrected chi connectivity index (χ4v) is 3.74. The Morgan fingerprint density at radius 3 is 2.70 bits per heavy atom. The summed E-state index contributed by atoms with van der Waals surface area (Å²) in [7, 11) is 0. The van der Waals surface area contributed by atoms with E-state index in [9.17, 15) is 4.79 Å². The minimum Gasteiger partial charge on any atom is -0.350 e. The Bertz CT molecular complexity index is 408. The van der Waals surface area contributed by atoms with Crippen LogP contribution in [0.25, 0.3) is 0 Å². The molecule has 0 spiro atoms. The molecular weight excluding hydrogens is 268 g/mol. The van der Waals surface area contributed by atoms with Gasteiger partial charge < -0.3 is 10.6 Å². The van der Waals surface area contributed by atoms with Crippen molar-refractivity contribution in [3.8, 4) is 0 Å². The van der Waals surface area contributed by atoms with E-state index in [0.29, 0.717) is 6.04 Å². The van der Waals surface area contributed by atoms with Crippen LogP contribution in [0.4, 0.5) is 0 Å². The molecule has 1 aromatic rings. The summed E-state index contributed by atoms with van der Waals surface area (Å²) in [5.74, 6) is 0.0829. The van der Waals surface area contributed by atoms with E-state index < -0.39 is 0 Å². The average molecular weight is 294 g/mol. The summed E-state index contributed by atoms with van der Waals surface area (Å²) in [6.45, 7) is 3.69. The van der Waals surface area contributed by atoms with Gasteiger partial charge in [-0.05, 0) is 36.3 Å². The van der Waals surface area contributed by atoms with Gasteiger partial charge in [0.1, 0.15) is 0 Å². The number of rotatable bonds is 6. The second-order valence-electron chi connectivity index (χ2n) is 5.53. The van der Waals surface area contributed by atoms with Gasteiger partial charge in [0.15, 0.2) is 0 Å². The Hall–Kier alpha value is -0.870. The van der Waals surface area contributed by atoms with Crippen LogP contribution in [0.3, 0.4) is 0 Å². The van der Waals surface area contributed by atoms with Crippen LogP contribution in [0.15, 0.2) is 11.4 Å². The van der Waals surface area contributed by atoms with E-state index in [4.69, 9.17) is 0 Å². The normalized spacial score (nSPS) is 16.9. The van der Waals surface area contributed by atoms with Crippen molar-refractivity contribution in [3.05, 3.63) is 21.9 Å². The number of thiophene rings is 1. The Balaban J connectivity index is 1.66. The summed E-state index contributed by atoms with van der Waals surface area (Å²) in [4.78, 5) is 12.9. The summed E-state index contributed by atoms with van der Waals surface area (Å²) in [6, 6.07) is 2.70. The molecule has 1 heterocycles. The topological polar surface area (TPSA) is 41.1 Å². The smallest absolute Gasteiger partial charge is 0.261 e. The lowest BCUT2D eigenvalue weighted by Crippen LogP contribution is -2.36. The lowest BCUT2D eigenvalue weighted by Gasteiger charge is -2.16. The van der Waals surface area contributed by atoms with Crippen LogP contribution >= 0.6 is 11.3 Å². The van der Waals surface area contributed by atoms with Gasteiger partial charge in [-0.1, -0.05) is 32.6 Å². The standard InChI is InChI=1S/C16H26N2OS/c1-2-13-9-12-20-15(13)16(19)18-11-10-17-14-7-5-3-4-6-8-14/h9,12,14,17H,2-8,10-11H2,1H3,(H,18,19). The first-order chi connectivity index (χ1) is 9.81. The number of nitrogens with one attached hydrogen (secondary N) is 2. The molecule has 1 amide bonds. The van der Waals surface area contributed by atoms with Gasteiger partial charge in [-0.25, -0.2) is 0 Å². The highest BCUT2D eigenvalue weighted by atomic mass is 32.1. The lowest BCUT2D eigenvalue weighted by molar-refractivity contribution is 0.0956. The molecule has 1 fully saturated rings. The zero-order valence-electron chi connectivity index (χ0n) is 12.4. The first-order valence-corrected chi connectivity index (χ1v) is 8.77. The highest BCUT2D eigenvalue weighted by molar-refractivity contribution is 7.12. The third-order valence-electron chi connectivity index (χ3n) is 4.03. The summed E-state index contributed by atoms with van der Waals surface area (Å²) in [5.41, 5.74) is 1.16. The average Bonchev–Trinajstić information content (AvgIpc) is 2.80. The van der Waals surface area contributed by atoms with Gasteiger partial charge in [0.05, 0.1) is 4.88 Å². The van der Waals surface area contributed by atoms with Crippen molar-refractivity contribution >= 4 is 17.2 Å². The quantitative estimate of drug-likeness (QED) is 0.624. The zero-order chi connectivity index (χ0) is 14.2. The van der Waals surface area contributed by atoms with E-state index in [-0.39, 0.29) is 5.91 Å². The molecule has 0 radical (unpaired) electrons. The van der Waals surface area contributed by atoms with Gasteiger partial charge in [-0.15, -0.1) is 11.3 Å². The SMILES string of the molecule is CCc1ccsc1C(=O)NCCNC1CCCCCC1. The molecule has 2 rings (SSSR count). The maximum Gasteiger partial charge on any atom is 0.261 e. The molecule has 0 aliphatic heterocycles. The Kier molecular flexibility index (Phi) is 6.54. The Morgan fingerprint density at radius 1 is 1.25 bits per heavy atom. The van der Waals surface area contributed by atoms with Crippen LogP contribution in [0.1, 0.15) is 60.7 Å². The zero-order valence-corrected chi connectivity index (χ0v) is 13.2. The largest absolute Gasteiger partial charge is 0.350 e. The van der Waals surface area contributed by atoms with Crippen LogP contribution in [0.2, 0.25) is 0 Å². The van der Waals surface area contributed by atoms with Crippen LogP contribution in [0, 0.1) is 0 Å². The predicted octanol–water partition coefficient (Wildman–Crippen LogP) is 3.35. The van der Waals surface area contributed by atoms with Crippen LogP contribution in [-0.4, -0.2) is 25.0 Å². The molecule has 1 aliphatic carbocycles. The molecule has 1 aliphatic rings. The molecule has 0 saturated heterocycles. The summed E-state index contributed by atoms with van der Waals surface area (Å²) >= 11 is 1.54. The molecule has 2 N–H and O–H groups in total. The summed E-state index contributed by atoms with van der Waals surface area (Å²) < 4.78 is 0. The first-order valence-electron chi connectivity index (χ1n) is 7.89. The highest BCUT2D eigenvalue weighted by Gasteiger charge is 2.13. The molecule has 0 unspecified atom stereocenters. The first kappa shape index (κ1) is 15.5. The fraction of sp³-hybridized carbons (Fsp3) is 0.688. The van der Waals surface area contributed by atoms with Crippen molar-refractivity contribution < 1.29 is 4.79 Å². The number of carbonyl (C=O) groups excluding carboxylic acids is 1. The summed E-state index contributed by atoms with van der Waals surface area (Å²) in [6.07, 6.45) is 8.96. The van der Waals surface area contributed by atoms with Gasteiger partial charge in [0, 0.05) is 19.1 Å². The minimum absolute atomic E-state index is 0.0829. The van der Waals surface area contributed by atoms with Gasteiger partial charge in [0.25, 0.3) is 5.91 Å². The van der Waals surface area contributed by atoms with E-state index in [0.717, 1.165) is 30.0 Å². The maximum absolute atomic E-state index is 12.1. The molecule has 1 aromatic heterocycles. The van der Waals surface area contributed by atoms with Gasteiger partial charge in [-0.3, -0.25) is 4.79 Å². The predicted molar refractivity (Wildman–Crippen MR) is 85.5 cm³/mol. The summed E-state index contributed by atoms with van der Waals surface area (Å²) in [5, 5.41) is 8.60. The van der Waals surface area contributed by atoms with E-state index in [1.54, 1.807) is 0 Å². The third kappa shape index (κ3) is 4.60. The number of aryl methyl sites for hydroxylation is 1. The Labute approximate surface area is 126 Å². The van der Waals surface area contributed by atoms with Crippen LogP contribution in [-0.2, 0) is 6.42 Å². The van der Waals surface area contributed by atoms with Gasteiger partial charge in [0.2, 0.25) is 0 Å². The van der Waals surface area contributed by atoms with Crippen LogP contribution < -0.4 is 10.6 Å². The molecule has 112 valence electrons. The molecule has 0 atom stereocenters. The fourth-order valence-electron chi connectivity index (χ4n) is 2.83. The van der Waals surface area contributed by atoms with E-state index in [1.807, 2.05) is 11.4 Å².